The number of fused-ring (bicyclic) bond motifs is 5. The summed E-state index contributed by atoms with van der Waals surface area (Å²) in [4.78, 5) is 0. The van der Waals surface area contributed by atoms with E-state index in [-0.39, 0.29) is 18.8 Å². The van der Waals surface area contributed by atoms with Crippen LogP contribution in [-0.4, -0.2) is 52.1 Å². The third-order valence-corrected chi connectivity index (χ3v) is 13.0. The zero-order valence-electron chi connectivity index (χ0n) is 25.8. The number of hydrogen-bond donors (Lipinski definition) is 3. The van der Waals surface area contributed by atoms with Crippen LogP contribution < -0.4 is 0 Å². The SMILES string of the molecule is C[C@@H]1C2=CCC3[C@@](C)(CC[C@]4(C)C(CCCCC(C)(C)O)CC[C@@]34C)C2CC[C@@H]1O[C@H]1C[C@@H](O)C[C@@H](CO)O1. The van der Waals surface area contributed by atoms with E-state index in [1.165, 1.54) is 51.4 Å². The molecule has 1 heterocycles. The molecule has 11 atom stereocenters. The number of aliphatic hydroxyl groups excluding tert-OH is 2. The topological polar surface area (TPSA) is 79.2 Å². The van der Waals surface area contributed by atoms with Gasteiger partial charge in [0.15, 0.2) is 6.29 Å². The molecule has 3 saturated carbocycles. The van der Waals surface area contributed by atoms with Crippen LogP contribution in [0.1, 0.15) is 125 Å². The maximum Gasteiger partial charge on any atom is 0.160 e. The monoisotopic (exact) mass is 546 g/mol. The van der Waals surface area contributed by atoms with Crippen LogP contribution in [0, 0.1) is 39.9 Å². The van der Waals surface area contributed by atoms with Gasteiger partial charge in [-0.1, -0.05) is 52.2 Å². The van der Waals surface area contributed by atoms with Crippen molar-refractivity contribution in [3.63, 3.8) is 0 Å². The molecule has 3 unspecified atom stereocenters. The molecule has 0 spiro atoms. The fraction of sp³-hybridized carbons (Fsp3) is 0.941. The maximum atomic E-state index is 10.3. The van der Waals surface area contributed by atoms with Gasteiger partial charge < -0.3 is 24.8 Å². The van der Waals surface area contributed by atoms with Gasteiger partial charge in [-0.15, -0.1) is 0 Å². The van der Waals surface area contributed by atoms with Crippen LogP contribution in [0.4, 0.5) is 0 Å². The van der Waals surface area contributed by atoms with Crippen molar-refractivity contribution in [3.05, 3.63) is 11.6 Å². The smallest absolute Gasteiger partial charge is 0.160 e. The quantitative estimate of drug-likeness (QED) is 0.231. The van der Waals surface area contributed by atoms with E-state index in [1.807, 2.05) is 13.8 Å². The van der Waals surface area contributed by atoms with Gasteiger partial charge in [0.1, 0.15) is 0 Å². The summed E-state index contributed by atoms with van der Waals surface area (Å²) in [6.45, 7) is 14.1. The molecule has 5 aliphatic rings. The first-order valence-corrected chi connectivity index (χ1v) is 16.3. The highest BCUT2D eigenvalue weighted by Crippen LogP contribution is 2.74. The molecular formula is C34H58O5. The molecule has 0 radical (unpaired) electrons. The Hall–Kier alpha value is -0.460. The van der Waals surface area contributed by atoms with Gasteiger partial charge in [0.2, 0.25) is 0 Å². The summed E-state index contributed by atoms with van der Waals surface area (Å²) in [6, 6.07) is 0. The summed E-state index contributed by atoms with van der Waals surface area (Å²) >= 11 is 0. The van der Waals surface area contributed by atoms with E-state index >= 15 is 0 Å². The van der Waals surface area contributed by atoms with Crippen molar-refractivity contribution >= 4 is 0 Å². The fourth-order valence-corrected chi connectivity index (χ4v) is 10.5. The summed E-state index contributed by atoms with van der Waals surface area (Å²) < 4.78 is 12.5. The second-order valence-electron chi connectivity index (χ2n) is 15.7. The van der Waals surface area contributed by atoms with Crippen molar-refractivity contribution in [3.8, 4) is 0 Å². The molecule has 5 heteroatoms. The van der Waals surface area contributed by atoms with Crippen LogP contribution in [0.15, 0.2) is 11.6 Å². The molecule has 224 valence electrons. The Morgan fingerprint density at radius 2 is 1.79 bits per heavy atom. The molecule has 0 aromatic rings. The first-order valence-electron chi connectivity index (χ1n) is 16.3. The Balaban J connectivity index is 1.27. The highest BCUT2D eigenvalue weighted by Gasteiger charge is 2.66. The molecule has 1 aliphatic heterocycles. The lowest BCUT2D eigenvalue weighted by molar-refractivity contribution is -0.248. The van der Waals surface area contributed by atoms with Crippen LogP contribution in [0.25, 0.3) is 0 Å². The van der Waals surface area contributed by atoms with Gasteiger partial charge in [-0.2, -0.15) is 0 Å². The van der Waals surface area contributed by atoms with Crippen LogP contribution in [0.3, 0.4) is 0 Å². The van der Waals surface area contributed by atoms with Crippen molar-refractivity contribution in [1.82, 2.24) is 0 Å². The number of allylic oxidation sites excluding steroid dienone is 1. The Morgan fingerprint density at radius 1 is 1.03 bits per heavy atom. The summed E-state index contributed by atoms with van der Waals surface area (Å²) in [5.74, 6) is 2.56. The molecule has 39 heavy (non-hydrogen) atoms. The average molecular weight is 547 g/mol. The minimum atomic E-state index is -0.541. The molecule has 3 N–H and O–H groups in total. The van der Waals surface area contributed by atoms with Gasteiger partial charge in [0.25, 0.3) is 0 Å². The molecular weight excluding hydrogens is 488 g/mol. The Kier molecular flexibility index (Phi) is 8.46. The minimum absolute atomic E-state index is 0.0660. The second kappa shape index (κ2) is 11.0. The van der Waals surface area contributed by atoms with Crippen molar-refractivity contribution in [2.45, 2.75) is 155 Å². The Morgan fingerprint density at radius 3 is 2.51 bits per heavy atom. The molecule has 0 aromatic carbocycles. The highest BCUT2D eigenvalue weighted by molar-refractivity contribution is 5.27. The summed E-state index contributed by atoms with van der Waals surface area (Å²) in [5.41, 5.74) is 2.25. The lowest BCUT2D eigenvalue weighted by Crippen LogP contribution is -2.58. The minimum Gasteiger partial charge on any atom is -0.394 e. The first-order chi connectivity index (χ1) is 18.3. The fourth-order valence-electron chi connectivity index (χ4n) is 10.5. The molecule has 1 saturated heterocycles. The van der Waals surface area contributed by atoms with Crippen molar-refractivity contribution in [2.75, 3.05) is 6.61 Å². The van der Waals surface area contributed by atoms with Crippen LogP contribution >= 0.6 is 0 Å². The summed E-state index contributed by atoms with van der Waals surface area (Å²) in [6.07, 6.45) is 16.0. The van der Waals surface area contributed by atoms with Crippen LogP contribution in [-0.2, 0) is 9.47 Å². The van der Waals surface area contributed by atoms with Crippen LogP contribution in [0.2, 0.25) is 0 Å². The van der Waals surface area contributed by atoms with E-state index in [0.29, 0.717) is 40.9 Å². The molecule has 5 nitrogen and oxygen atoms in total. The average Bonchev–Trinajstić information content (AvgIpc) is 3.13. The number of unbranched alkanes of at least 4 members (excludes halogenated alkanes) is 1. The standard InChI is InChI=1S/C34H58O5/c1-22-26-10-13-29-32(4,27(26)11-12-28(22)39-30-20-24(36)19-25(21-35)38-30)17-18-33(5)23(14-16-34(29,33)6)9-7-8-15-31(2,3)37/h10,22-25,27-30,35-37H,7-9,11-21H2,1-6H3/t22-,23?,24+,25+,27?,28+,29?,30+,32+,33-,34+/m1/s1. The predicted octanol–water partition coefficient (Wildman–Crippen LogP) is 6.78. The molecule has 0 bridgehead atoms. The Bertz CT molecular complexity index is 895. The lowest BCUT2D eigenvalue weighted by atomic mass is 9.40. The highest BCUT2D eigenvalue weighted by atomic mass is 16.7. The normalized spacial score (nSPS) is 48.2. The van der Waals surface area contributed by atoms with Crippen molar-refractivity contribution < 1.29 is 24.8 Å². The van der Waals surface area contributed by atoms with E-state index in [9.17, 15) is 15.3 Å². The number of aliphatic hydroxyl groups is 3. The number of hydrogen-bond acceptors (Lipinski definition) is 5. The molecule has 5 rings (SSSR count). The van der Waals surface area contributed by atoms with Crippen molar-refractivity contribution in [1.29, 1.82) is 0 Å². The lowest BCUT2D eigenvalue weighted by Gasteiger charge is -2.65. The van der Waals surface area contributed by atoms with Gasteiger partial charge in [-0.05, 0) is 106 Å². The second-order valence-corrected chi connectivity index (χ2v) is 15.7. The largest absolute Gasteiger partial charge is 0.394 e. The van der Waals surface area contributed by atoms with Gasteiger partial charge in [-0.25, -0.2) is 0 Å². The zero-order chi connectivity index (χ0) is 28.2. The number of rotatable bonds is 8. The van der Waals surface area contributed by atoms with Gasteiger partial charge >= 0.3 is 0 Å². The number of ether oxygens (including phenoxy) is 2. The van der Waals surface area contributed by atoms with Crippen molar-refractivity contribution in [2.24, 2.45) is 39.9 Å². The molecule has 0 aromatic heterocycles. The Labute approximate surface area is 238 Å². The van der Waals surface area contributed by atoms with E-state index in [4.69, 9.17) is 9.47 Å². The van der Waals surface area contributed by atoms with E-state index in [0.717, 1.165) is 31.1 Å². The molecule has 4 fully saturated rings. The first kappa shape index (κ1) is 30.0. The molecule has 4 aliphatic carbocycles. The maximum absolute atomic E-state index is 10.3. The van der Waals surface area contributed by atoms with Crippen LogP contribution in [0.5, 0.6) is 0 Å². The third-order valence-electron chi connectivity index (χ3n) is 13.0. The van der Waals surface area contributed by atoms with E-state index < -0.39 is 18.0 Å². The summed E-state index contributed by atoms with van der Waals surface area (Å²) in [7, 11) is 0. The third kappa shape index (κ3) is 5.42. The van der Waals surface area contributed by atoms with Gasteiger partial charge in [-0.3, -0.25) is 0 Å². The summed E-state index contributed by atoms with van der Waals surface area (Å²) in [5, 5.41) is 30.0. The molecule has 0 amide bonds. The zero-order valence-corrected chi connectivity index (χ0v) is 25.8. The van der Waals surface area contributed by atoms with Gasteiger partial charge in [0.05, 0.1) is 30.5 Å². The van der Waals surface area contributed by atoms with E-state index in [1.54, 1.807) is 5.57 Å². The van der Waals surface area contributed by atoms with E-state index in [2.05, 4.69) is 33.8 Å². The van der Waals surface area contributed by atoms with Gasteiger partial charge in [0, 0.05) is 18.8 Å². The predicted molar refractivity (Wildman–Crippen MR) is 155 cm³/mol.